The number of nitrogens with one attached hydrogen (secondary N) is 1. The first-order chi connectivity index (χ1) is 8.13. The summed E-state index contributed by atoms with van der Waals surface area (Å²) in [5.74, 6) is 0.700. The Morgan fingerprint density at radius 1 is 1.41 bits per heavy atom. The van der Waals surface area contributed by atoms with Gasteiger partial charge in [-0.25, -0.2) is 9.37 Å². The van der Waals surface area contributed by atoms with Crippen molar-refractivity contribution in [2.45, 2.75) is 19.8 Å². The van der Waals surface area contributed by atoms with E-state index in [1.54, 1.807) is 18.2 Å². The van der Waals surface area contributed by atoms with Crippen LogP contribution in [0.1, 0.15) is 24.4 Å². The molecule has 0 aliphatic heterocycles. The fraction of sp³-hybridized carbons (Fsp3) is 0.308. The van der Waals surface area contributed by atoms with Gasteiger partial charge in [-0.2, -0.15) is 0 Å². The zero-order valence-corrected chi connectivity index (χ0v) is 10.00. The number of rotatable bonds is 3. The number of benzene rings is 1. The molecule has 1 aromatic carbocycles. The number of nitrogens with zero attached hydrogens (tertiary/aromatic N) is 1. The molecule has 2 rings (SSSR count). The van der Waals surface area contributed by atoms with Crippen molar-refractivity contribution >= 4 is 0 Å². The predicted molar refractivity (Wildman–Crippen MR) is 66.2 cm³/mol. The van der Waals surface area contributed by atoms with Gasteiger partial charge in [0.05, 0.1) is 5.69 Å². The van der Waals surface area contributed by atoms with Crippen molar-refractivity contribution in [3.05, 3.63) is 41.6 Å². The topological polar surface area (TPSA) is 54.7 Å². The fourth-order valence-electron chi connectivity index (χ4n) is 1.74. The number of H-pyrrole nitrogens is 1. The SMILES string of the molecule is Cc1[nH]c(C(C)CN)nc1-c1ccccc1F. The minimum Gasteiger partial charge on any atom is -0.345 e. The van der Waals surface area contributed by atoms with E-state index in [4.69, 9.17) is 5.73 Å². The number of aromatic amines is 1. The summed E-state index contributed by atoms with van der Waals surface area (Å²) in [5.41, 5.74) is 7.65. The Balaban J connectivity index is 2.47. The summed E-state index contributed by atoms with van der Waals surface area (Å²) in [4.78, 5) is 7.60. The van der Waals surface area contributed by atoms with Gasteiger partial charge in [-0.15, -0.1) is 0 Å². The second-order valence-electron chi connectivity index (χ2n) is 4.21. The van der Waals surface area contributed by atoms with Crippen LogP contribution in [0.3, 0.4) is 0 Å². The molecule has 3 N–H and O–H groups in total. The van der Waals surface area contributed by atoms with Crippen LogP contribution in [0, 0.1) is 12.7 Å². The highest BCUT2D eigenvalue weighted by atomic mass is 19.1. The summed E-state index contributed by atoms with van der Waals surface area (Å²) in [6.45, 7) is 4.40. The van der Waals surface area contributed by atoms with Crippen LogP contribution in [0.15, 0.2) is 24.3 Å². The first-order valence-corrected chi connectivity index (χ1v) is 5.65. The highest BCUT2D eigenvalue weighted by Gasteiger charge is 2.15. The second kappa shape index (κ2) is 4.67. The van der Waals surface area contributed by atoms with Gasteiger partial charge in [-0.1, -0.05) is 19.1 Å². The lowest BCUT2D eigenvalue weighted by Crippen LogP contribution is -2.10. The Morgan fingerprint density at radius 2 is 2.12 bits per heavy atom. The van der Waals surface area contributed by atoms with E-state index in [1.165, 1.54) is 6.07 Å². The molecule has 1 aromatic heterocycles. The molecule has 0 fully saturated rings. The lowest BCUT2D eigenvalue weighted by Gasteiger charge is -2.02. The maximum Gasteiger partial charge on any atom is 0.132 e. The number of nitrogens with two attached hydrogens (primary N) is 1. The van der Waals surface area contributed by atoms with E-state index in [0.717, 1.165) is 11.5 Å². The lowest BCUT2D eigenvalue weighted by atomic mass is 10.1. The van der Waals surface area contributed by atoms with Crippen LogP contribution in [0.2, 0.25) is 0 Å². The van der Waals surface area contributed by atoms with Gasteiger partial charge in [0.25, 0.3) is 0 Å². The van der Waals surface area contributed by atoms with Crippen LogP contribution in [0.5, 0.6) is 0 Å². The summed E-state index contributed by atoms with van der Waals surface area (Å²) >= 11 is 0. The highest BCUT2D eigenvalue weighted by Crippen LogP contribution is 2.25. The highest BCUT2D eigenvalue weighted by molar-refractivity contribution is 5.62. The van der Waals surface area contributed by atoms with Crippen molar-refractivity contribution in [3.63, 3.8) is 0 Å². The maximum atomic E-state index is 13.7. The molecule has 4 heteroatoms. The van der Waals surface area contributed by atoms with Gasteiger partial charge in [0.1, 0.15) is 11.6 Å². The van der Waals surface area contributed by atoms with Gasteiger partial charge < -0.3 is 10.7 Å². The van der Waals surface area contributed by atoms with Gasteiger partial charge in [0.2, 0.25) is 0 Å². The molecule has 0 saturated heterocycles. The Labute approximate surface area is 99.9 Å². The minimum atomic E-state index is -0.256. The molecule has 3 nitrogen and oxygen atoms in total. The van der Waals surface area contributed by atoms with Gasteiger partial charge in [0, 0.05) is 23.7 Å². The smallest absolute Gasteiger partial charge is 0.132 e. The molecule has 0 saturated carbocycles. The van der Waals surface area contributed by atoms with Crippen LogP contribution in [0.4, 0.5) is 4.39 Å². The van der Waals surface area contributed by atoms with Crippen molar-refractivity contribution in [3.8, 4) is 11.3 Å². The third-order valence-corrected chi connectivity index (χ3v) is 2.85. The van der Waals surface area contributed by atoms with Crippen molar-refractivity contribution in [2.75, 3.05) is 6.54 Å². The molecule has 90 valence electrons. The van der Waals surface area contributed by atoms with E-state index < -0.39 is 0 Å². The largest absolute Gasteiger partial charge is 0.345 e. The number of aryl methyl sites for hydroxylation is 1. The first-order valence-electron chi connectivity index (χ1n) is 5.65. The number of hydrogen-bond acceptors (Lipinski definition) is 2. The predicted octanol–water partition coefficient (Wildman–Crippen LogP) is 2.59. The number of imidazole rings is 1. The first kappa shape index (κ1) is 11.8. The molecular formula is C13H16FN3. The van der Waals surface area contributed by atoms with E-state index in [2.05, 4.69) is 9.97 Å². The van der Waals surface area contributed by atoms with E-state index >= 15 is 0 Å². The molecule has 0 radical (unpaired) electrons. The molecule has 0 spiro atoms. The molecule has 1 unspecified atom stereocenters. The number of hydrogen-bond donors (Lipinski definition) is 2. The van der Waals surface area contributed by atoms with Gasteiger partial charge in [-0.3, -0.25) is 0 Å². The molecule has 1 heterocycles. The summed E-state index contributed by atoms with van der Waals surface area (Å²) in [5, 5.41) is 0. The van der Waals surface area contributed by atoms with Gasteiger partial charge >= 0.3 is 0 Å². The van der Waals surface area contributed by atoms with E-state index in [-0.39, 0.29) is 11.7 Å². The molecule has 0 bridgehead atoms. The monoisotopic (exact) mass is 233 g/mol. The molecule has 0 aliphatic rings. The second-order valence-corrected chi connectivity index (χ2v) is 4.21. The van der Waals surface area contributed by atoms with Crippen LogP contribution in [0.25, 0.3) is 11.3 Å². The Hall–Kier alpha value is -1.68. The molecule has 0 aliphatic carbocycles. The maximum absolute atomic E-state index is 13.7. The fourth-order valence-corrected chi connectivity index (χ4v) is 1.74. The van der Waals surface area contributed by atoms with E-state index in [1.807, 2.05) is 13.8 Å². The summed E-state index contributed by atoms with van der Waals surface area (Å²) < 4.78 is 13.7. The van der Waals surface area contributed by atoms with E-state index in [0.29, 0.717) is 17.8 Å². The normalized spacial score (nSPS) is 12.7. The number of halogens is 1. The molecule has 0 amide bonds. The van der Waals surface area contributed by atoms with Crippen molar-refractivity contribution < 1.29 is 4.39 Å². The standard InChI is InChI=1S/C13H16FN3/c1-8(7-15)13-16-9(2)12(17-13)10-5-3-4-6-11(10)14/h3-6,8H,7,15H2,1-2H3,(H,16,17). The zero-order chi connectivity index (χ0) is 12.4. The average molecular weight is 233 g/mol. The Morgan fingerprint density at radius 3 is 2.76 bits per heavy atom. The summed E-state index contributed by atoms with van der Waals surface area (Å²) in [7, 11) is 0. The zero-order valence-electron chi connectivity index (χ0n) is 10.00. The summed E-state index contributed by atoms with van der Waals surface area (Å²) in [6.07, 6.45) is 0. The molecule has 2 aromatic rings. The third-order valence-electron chi connectivity index (χ3n) is 2.85. The van der Waals surface area contributed by atoms with Crippen molar-refractivity contribution in [2.24, 2.45) is 5.73 Å². The summed E-state index contributed by atoms with van der Waals surface area (Å²) in [6, 6.07) is 6.65. The quantitative estimate of drug-likeness (QED) is 0.856. The molecule has 1 atom stereocenters. The molecule has 17 heavy (non-hydrogen) atoms. The van der Waals surface area contributed by atoms with Crippen LogP contribution >= 0.6 is 0 Å². The van der Waals surface area contributed by atoms with E-state index in [9.17, 15) is 4.39 Å². The average Bonchev–Trinajstić information content (AvgIpc) is 2.71. The van der Waals surface area contributed by atoms with Crippen LogP contribution in [-0.2, 0) is 0 Å². The van der Waals surface area contributed by atoms with Crippen LogP contribution in [-0.4, -0.2) is 16.5 Å². The lowest BCUT2D eigenvalue weighted by molar-refractivity contribution is 0.630. The molecular weight excluding hydrogens is 217 g/mol. The number of aromatic nitrogens is 2. The van der Waals surface area contributed by atoms with Gasteiger partial charge in [0.15, 0.2) is 0 Å². The Bertz CT molecular complexity index is 519. The minimum absolute atomic E-state index is 0.147. The van der Waals surface area contributed by atoms with Gasteiger partial charge in [-0.05, 0) is 19.1 Å². The van der Waals surface area contributed by atoms with Crippen molar-refractivity contribution in [1.82, 2.24) is 9.97 Å². The Kier molecular flexibility index (Phi) is 3.24. The van der Waals surface area contributed by atoms with Crippen LogP contribution < -0.4 is 5.73 Å². The van der Waals surface area contributed by atoms with Crippen molar-refractivity contribution in [1.29, 1.82) is 0 Å². The third kappa shape index (κ3) is 2.22.